The third kappa shape index (κ3) is 5.38. The second kappa shape index (κ2) is 6.65. The van der Waals surface area contributed by atoms with Crippen LogP contribution < -0.4 is 4.74 Å². The summed E-state index contributed by atoms with van der Waals surface area (Å²) in [5.41, 5.74) is -1.90. The molecule has 1 rings (SSSR count). The first-order valence-corrected chi connectivity index (χ1v) is 5.90. The predicted molar refractivity (Wildman–Crippen MR) is 63.1 cm³/mol. The SMILES string of the molecule is CCCC(OC(=O)Cl)Oc1cccc(C(F)(F)F)c1. The van der Waals surface area contributed by atoms with E-state index in [1.807, 2.05) is 6.92 Å². The molecular formula is C12H12ClF3O3. The van der Waals surface area contributed by atoms with Gasteiger partial charge in [-0.2, -0.15) is 13.2 Å². The molecule has 0 heterocycles. The molecule has 0 bridgehead atoms. The zero-order valence-corrected chi connectivity index (χ0v) is 10.8. The Kier molecular flexibility index (Phi) is 5.47. The summed E-state index contributed by atoms with van der Waals surface area (Å²) < 4.78 is 47.3. The average Bonchev–Trinajstić information content (AvgIpc) is 2.27. The van der Waals surface area contributed by atoms with Gasteiger partial charge in [0, 0.05) is 18.0 Å². The summed E-state index contributed by atoms with van der Waals surface area (Å²) in [7, 11) is 0. The summed E-state index contributed by atoms with van der Waals surface area (Å²) in [5.74, 6) is -0.0359. The molecule has 0 aromatic heterocycles. The summed E-state index contributed by atoms with van der Waals surface area (Å²) in [4.78, 5) is 10.6. The minimum atomic E-state index is -4.46. The lowest BCUT2D eigenvalue weighted by atomic mass is 10.2. The van der Waals surface area contributed by atoms with Crippen molar-refractivity contribution in [1.82, 2.24) is 0 Å². The molecule has 3 nitrogen and oxygen atoms in total. The molecule has 0 aliphatic heterocycles. The van der Waals surface area contributed by atoms with Crippen LogP contribution in [0.2, 0.25) is 0 Å². The van der Waals surface area contributed by atoms with Crippen molar-refractivity contribution >= 4 is 17.0 Å². The predicted octanol–water partition coefficient (Wildman–Crippen LogP) is 4.59. The van der Waals surface area contributed by atoms with Crippen LogP contribution in [0.3, 0.4) is 0 Å². The van der Waals surface area contributed by atoms with Gasteiger partial charge in [0.25, 0.3) is 0 Å². The third-order valence-corrected chi connectivity index (χ3v) is 2.27. The molecule has 1 aromatic carbocycles. The smallest absolute Gasteiger partial charge is 0.416 e. The summed E-state index contributed by atoms with van der Waals surface area (Å²) in [6, 6.07) is 4.32. The Morgan fingerprint density at radius 3 is 2.63 bits per heavy atom. The normalized spacial score (nSPS) is 12.9. The van der Waals surface area contributed by atoms with Crippen LogP contribution >= 0.6 is 11.6 Å². The van der Waals surface area contributed by atoms with E-state index in [4.69, 9.17) is 16.3 Å². The van der Waals surface area contributed by atoms with Crippen LogP contribution in [0, 0.1) is 0 Å². The monoisotopic (exact) mass is 296 g/mol. The molecule has 0 saturated heterocycles. The highest BCUT2D eigenvalue weighted by molar-refractivity contribution is 6.61. The van der Waals surface area contributed by atoms with E-state index < -0.39 is 23.5 Å². The molecule has 1 unspecified atom stereocenters. The second-order valence-corrected chi connectivity index (χ2v) is 4.03. The van der Waals surface area contributed by atoms with Gasteiger partial charge < -0.3 is 9.47 Å². The van der Waals surface area contributed by atoms with Crippen molar-refractivity contribution in [1.29, 1.82) is 0 Å². The van der Waals surface area contributed by atoms with E-state index in [-0.39, 0.29) is 5.75 Å². The number of hydrogen-bond donors (Lipinski definition) is 0. The van der Waals surface area contributed by atoms with Crippen molar-refractivity contribution < 1.29 is 27.4 Å². The highest BCUT2D eigenvalue weighted by Gasteiger charge is 2.30. The topological polar surface area (TPSA) is 35.5 Å². The van der Waals surface area contributed by atoms with Gasteiger partial charge in [0.05, 0.1) is 5.56 Å². The van der Waals surface area contributed by atoms with E-state index in [0.29, 0.717) is 12.8 Å². The molecular weight excluding hydrogens is 285 g/mol. The van der Waals surface area contributed by atoms with Crippen LogP contribution in [0.15, 0.2) is 24.3 Å². The number of alkyl halides is 3. The Balaban J connectivity index is 2.81. The van der Waals surface area contributed by atoms with Crippen LogP contribution in [-0.4, -0.2) is 11.7 Å². The first-order valence-electron chi connectivity index (χ1n) is 5.53. The highest BCUT2D eigenvalue weighted by atomic mass is 35.5. The highest BCUT2D eigenvalue weighted by Crippen LogP contribution is 2.31. The van der Waals surface area contributed by atoms with Gasteiger partial charge in [-0.1, -0.05) is 13.0 Å². The quantitative estimate of drug-likeness (QED) is 0.589. The number of ether oxygens (including phenoxy) is 2. The van der Waals surface area contributed by atoms with E-state index in [0.717, 1.165) is 12.1 Å². The van der Waals surface area contributed by atoms with Crippen molar-refractivity contribution in [2.45, 2.75) is 32.2 Å². The van der Waals surface area contributed by atoms with Crippen LogP contribution in [0.25, 0.3) is 0 Å². The van der Waals surface area contributed by atoms with Gasteiger partial charge in [-0.05, 0) is 24.6 Å². The van der Waals surface area contributed by atoms with Gasteiger partial charge in [0.1, 0.15) is 5.75 Å². The summed E-state index contributed by atoms with van der Waals surface area (Å²) >= 11 is 5.06. The molecule has 0 aliphatic rings. The molecule has 7 heteroatoms. The Hall–Kier alpha value is -1.43. The van der Waals surface area contributed by atoms with Gasteiger partial charge >= 0.3 is 11.6 Å². The molecule has 0 fully saturated rings. The zero-order chi connectivity index (χ0) is 14.5. The Morgan fingerprint density at radius 1 is 1.42 bits per heavy atom. The lowest BCUT2D eigenvalue weighted by Crippen LogP contribution is -2.21. The van der Waals surface area contributed by atoms with Gasteiger partial charge in [0.15, 0.2) is 0 Å². The van der Waals surface area contributed by atoms with Crippen molar-refractivity contribution in [3.05, 3.63) is 29.8 Å². The Labute approximate surface area is 113 Å². The first kappa shape index (κ1) is 15.6. The molecule has 106 valence electrons. The molecule has 0 saturated carbocycles. The molecule has 0 amide bonds. The van der Waals surface area contributed by atoms with Crippen molar-refractivity contribution in [3.63, 3.8) is 0 Å². The Morgan fingerprint density at radius 2 is 2.11 bits per heavy atom. The molecule has 0 radical (unpaired) electrons. The third-order valence-electron chi connectivity index (χ3n) is 2.18. The maximum atomic E-state index is 12.5. The molecule has 19 heavy (non-hydrogen) atoms. The Bertz CT molecular complexity index is 434. The van der Waals surface area contributed by atoms with Gasteiger partial charge in [-0.15, -0.1) is 0 Å². The van der Waals surface area contributed by atoms with Crippen molar-refractivity contribution in [2.75, 3.05) is 0 Å². The van der Waals surface area contributed by atoms with Crippen molar-refractivity contribution in [2.24, 2.45) is 0 Å². The minimum Gasteiger partial charge on any atom is -0.455 e. The van der Waals surface area contributed by atoms with E-state index in [2.05, 4.69) is 4.74 Å². The largest absolute Gasteiger partial charge is 0.455 e. The number of hydrogen-bond acceptors (Lipinski definition) is 3. The summed E-state index contributed by atoms with van der Waals surface area (Å²) in [5, 5.41) is 0. The van der Waals surface area contributed by atoms with Crippen LogP contribution in [0.1, 0.15) is 25.3 Å². The first-order chi connectivity index (χ1) is 8.82. The maximum Gasteiger partial charge on any atom is 0.416 e. The van der Waals surface area contributed by atoms with E-state index >= 15 is 0 Å². The van der Waals surface area contributed by atoms with Gasteiger partial charge in [-0.25, -0.2) is 4.79 Å². The van der Waals surface area contributed by atoms with Crippen LogP contribution in [0.5, 0.6) is 5.75 Å². The van der Waals surface area contributed by atoms with E-state index in [1.54, 1.807) is 0 Å². The number of benzene rings is 1. The fourth-order valence-electron chi connectivity index (χ4n) is 1.38. The second-order valence-electron chi connectivity index (χ2n) is 3.72. The molecule has 0 spiro atoms. The standard InChI is InChI=1S/C12H12ClF3O3/c1-2-4-10(19-11(13)17)18-9-6-3-5-8(7-9)12(14,15)16/h3,5-7,10H,2,4H2,1H3. The van der Waals surface area contributed by atoms with E-state index in [9.17, 15) is 18.0 Å². The van der Waals surface area contributed by atoms with E-state index in [1.165, 1.54) is 12.1 Å². The van der Waals surface area contributed by atoms with Gasteiger partial charge in [-0.3, -0.25) is 0 Å². The van der Waals surface area contributed by atoms with Crippen LogP contribution in [-0.2, 0) is 10.9 Å². The maximum absolute atomic E-state index is 12.5. The summed E-state index contributed by atoms with van der Waals surface area (Å²) in [6.07, 6.45) is -4.51. The number of halogens is 4. The van der Waals surface area contributed by atoms with Crippen LogP contribution in [0.4, 0.5) is 18.0 Å². The average molecular weight is 297 g/mol. The minimum absolute atomic E-state index is 0.0359. The van der Waals surface area contributed by atoms with Crippen molar-refractivity contribution in [3.8, 4) is 5.75 Å². The molecule has 1 aromatic rings. The molecule has 1 atom stereocenters. The summed E-state index contributed by atoms with van der Waals surface area (Å²) in [6.45, 7) is 1.81. The molecule has 0 aliphatic carbocycles. The number of rotatable bonds is 5. The fraction of sp³-hybridized carbons (Fsp3) is 0.417. The zero-order valence-electron chi connectivity index (χ0n) is 10.0. The number of carbonyl (C=O) groups is 1. The lowest BCUT2D eigenvalue weighted by molar-refractivity contribution is -0.137. The number of carbonyl (C=O) groups excluding carboxylic acids is 1. The lowest BCUT2D eigenvalue weighted by Gasteiger charge is -2.18. The van der Waals surface area contributed by atoms with Gasteiger partial charge in [0.2, 0.25) is 6.29 Å². The molecule has 0 N–H and O–H groups in total. The fourth-order valence-corrected chi connectivity index (χ4v) is 1.48.